The average Bonchev–Trinajstić information content (AvgIpc) is 2.75. The van der Waals surface area contributed by atoms with Crippen molar-refractivity contribution in [3.63, 3.8) is 0 Å². The van der Waals surface area contributed by atoms with Crippen molar-refractivity contribution in [2.75, 3.05) is 11.5 Å². The highest BCUT2D eigenvalue weighted by Crippen LogP contribution is 2.12. The van der Waals surface area contributed by atoms with E-state index in [2.05, 4.69) is 17.0 Å². The predicted octanol–water partition coefficient (Wildman–Crippen LogP) is 0.650. The molecule has 1 aliphatic rings. The Labute approximate surface area is 101 Å². The van der Waals surface area contributed by atoms with Crippen molar-refractivity contribution in [3.8, 4) is 0 Å². The Bertz CT molecular complexity index is 479. The highest BCUT2D eigenvalue weighted by Gasteiger charge is 2.22. The fraction of sp³-hybridized carbons (Fsp3) is 0.545. The first-order valence-corrected chi connectivity index (χ1v) is 7.50. The zero-order chi connectivity index (χ0) is 12.3. The SMILES string of the molecule is C=Cn1cc(CNC2CCS(=O)(=O)CC2)cn1. The molecule has 0 spiro atoms. The van der Waals surface area contributed by atoms with Gasteiger partial charge < -0.3 is 5.32 Å². The van der Waals surface area contributed by atoms with Crippen LogP contribution in [0.4, 0.5) is 0 Å². The van der Waals surface area contributed by atoms with Crippen LogP contribution in [-0.2, 0) is 16.4 Å². The van der Waals surface area contributed by atoms with Gasteiger partial charge in [-0.15, -0.1) is 0 Å². The van der Waals surface area contributed by atoms with Crippen LogP contribution in [0.2, 0.25) is 0 Å². The minimum atomic E-state index is -2.77. The first kappa shape index (κ1) is 12.3. The summed E-state index contributed by atoms with van der Waals surface area (Å²) in [6.07, 6.45) is 6.74. The highest BCUT2D eigenvalue weighted by atomic mass is 32.2. The molecule has 1 fully saturated rings. The molecule has 1 saturated heterocycles. The van der Waals surface area contributed by atoms with E-state index in [1.54, 1.807) is 17.1 Å². The van der Waals surface area contributed by atoms with Crippen LogP contribution in [0.15, 0.2) is 19.0 Å². The minimum Gasteiger partial charge on any atom is -0.310 e. The van der Waals surface area contributed by atoms with Gasteiger partial charge in [-0.3, -0.25) is 0 Å². The number of aromatic nitrogens is 2. The van der Waals surface area contributed by atoms with Gasteiger partial charge in [-0.2, -0.15) is 5.10 Å². The Morgan fingerprint density at radius 1 is 1.53 bits per heavy atom. The smallest absolute Gasteiger partial charge is 0.150 e. The lowest BCUT2D eigenvalue weighted by Crippen LogP contribution is -2.37. The maximum Gasteiger partial charge on any atom is 0.150 e. The first-order chi connectivity index (χ1) is 8.09. The second-order valence-corrected chi connectivity index (χ2v) is 6.62. The molecule has 1 N–H and O–H groups in total. The van der Waals surface area contributed by atoms with Crippen LogP contribution in [0.25, 0.3) is 6.20 Å². The Morgan fingerprint density at radius 2 is 2.24 bits per heavy atom. The Hall–Kier alpha value is -1.14. The summed E-state index contributed by atoms with van der Waals surface area (Å²) in [6, 6.07) is 0.297. The third-order valence-corrected chi connectivity index (χ3v) is 4.71. The number of hydrogen-bond donors (Lipinski definition) is 1. The first-order valence-electron chi connectivity index (χ1n) is 5.68. The summed E-state index contributed by atoms with van der Waals surface area (Å²) in [4.78, 5) is 0. The molecule has 1 aromatic heterocycles. The van der Waals surface area contributed by atoms with E-state index in [9.17, 15) is 8.42 Å². The van der Waals surface area contributed by atoms with Crippen LogP contribution < -0.4 is 5.32 Å². The zero-order valence-electron chi connectivity index (χ0n) is 9.67. The van der Waals surface area contributed by atoms with Gasteiger partial charge in [-0.25, -0.2) is 13.1 Å². The molecule has 5 nitrogen and oxygen atoms in total. The number of nitrogens with zero attached hydrogens (tertiary/aromatic N) is 2. The van der Waals surface area contributed by atoms with Crippen molar-refractivity contribution in [3.05, 3.63) is 24.5 Å². The van der Waals surface area contributed by atoms with Gasteiger partial charge >= 0.3 is 0 Å². The van der Waals surface area contributed by atoms with E-state index < -0.39 is 9.84 Å². The molecule has 0 unspecified atom stereocenters. The van der Waals surface area contributed by atoms with E-state index in [-0.39, 0.29) is 0 Å². The van der Waals surface area contributed by atoms with Gasteiger partial charge in [0.25, 0.3) is 0 Å². The van der Waals surface area contributed by atoms with E-state index in [0.717, 1.165) is 12.1 Å². The normalized spacial score (nSPS) is 20.2. The maximum absolute atomic E-state index is 11.3. The molecule has 0 atom stereocenters. The second kappa shape index (κ2) is 5.01. The second-order valence-electron chi connectivity index (χ2n) is 4.32. The fourth-order valence-electron chi connectivity index (χ4n) is 1.92. The molecule has 0 amide bonds. The van der Waals surface area contributed by atoms with Gasteiger partial charge in [-0.1, -0.05) is 6.58 Å². The summed E-state index contributed by atoms with van der Waals surface area (Å²) in [5, 5.41) is 7.45. The molecular weight excluding hydrogens is 238 g/mol. The maximum atomic E-state index is 11.3. The third-order valence-electron chi connectivity index (χ3n) is 2.99. The number of hydrogen-bond acceptors (Lipinski definition) is 4. The van der Waals surface area contributed by atoms with Gasteiger partial charge in [0.15, 0.2) is 0 Å². The Morgan fingerprint density at radius 3 is 2.82 bits per heavy atom. The lowest BCUT2D eigenvalue weighted by atomic mass is 10.1. The van der Waals surface area contributed by atoms with Crippen LogP contribution in [0.1, 0.15) is 18.4 Å². The predicted molar refractivity (Wildman–Crippen MR) is 67.1 cm³/mol. The lowest BCUT2D eigenvalue weighted by Gasteiger charge is -2.22. The molecule has 6 heteroatoms. The van der Waals surface area contributed by atoms with Crippen molar-refractivity contribution < 1.29 is 8.42 Å². The molecule has 0 radical (unpaired) electrons. The van der Waals surface area contributed by atoms with Crippen LogP contribution in [-0.4, -0.2) is 35.7 Å². The van der Waals surface area contributed by atoms with E-state index in [1.807, 2.05) is 6.20 Å². The molecule has 1 aromatic rings. The summed E-state index contributed by atoms with van der Waals surface area (Å²) in [6.45, 7) is 4.34. The van der Waals surface area contributed by atoms with E-state index >= 15 is 0 Å². The average molecular weight is 255 g/mol. The van der Waals surface area contributed by atoms with Crippen molar-refractivity contribution in [2.45, 2.75) is 25.4 Å². The molecule has 0 aliphatic carbocycles. The topological polar surface area (TPSA) is 64.0 Å². The Kier molecular flexibility index (Phi) is 3.63. The van der Waals surface area contributed by atoms with Crippen molar-refractivity contribution in [2.24, 2.45) is 0 Å². The number of sulfone groups is 1. The van der Waals surface area contributed by atoms with E-state index in [4.69, 9.17) is 0 Å². The molecule has 94 valence electrons. The summed E-state index contributed by atoms with van der Waals surface area (Å²) in [5.74, 6) is 0.604. The summed E-state index contributed by atoms with van der Waals surface area (Å²) in [7, 11) is -2.77. The fourth-order valence-corrected chi connectivity index (χ4v) is 3.42. The number of rotatable bonds is 4. The van der Waals surface area contributed by atoms with Crippen molar-refractivity contribution >= 4 is 16.0 Å². The van der Waals surface area contributed by atoms with Gasteiger partial charge in [0.05, 0.1) is 17.7 Å². The number of nitrogens with one attached hydrogen (secondary N) is 1. The summed E-state index contributed by atoms with van der Waals surface area (Å²) in [5.41, 5.74) is 1.08. The van der Waals surface area contributed by atoms with Crippen LogP contribution >= 0.6 is 0 Å². The molecule has 0 bridgehead atoms. The van der Waals surface area contributed by atoms with Crippen LogP contribution in [0.5, 0.6) is 0 Å². The molecule has 0 saturated carbocycles. The van der Waals surface area contributed by atoms with Crippen LogP contribution in [0, 0.1) is 0 Å². The van der Waals surface area contributed by atoms with E-state index in [1.165, 1.54) is 0 Å². The standard InChI is InChI=1S/C11H17N3O2S/c1-2-14-9-10(8-13-14)7-12-11-3-5-17(15,16)6-4-11/h2,8-9,11-12H,1,3-7H2. The third kappa shape index (κ3) is 3.41. The summed E-state index contributed by atoms with van der Waals surface area (Å²) < 4.78 is 24.2. The lowest BCUT2D eigenvalue weighted by molar-refractivity contribution is 0.463. The molecule has 1 aliphatic heterocycles. The molecule has 2 rings (SSSR count). The molecular formula is C11H17N3O2S. The molecule has 0 aromatic carbocycles. The van der Waals surface area contributed by atoms with Gasteiger partial charge in [0.1, 0.15) is 9.84 Å². The van der Waals surface area contributed by atoms with Gasteiger partial charge in [-0.05, 0) is 12.8 Å². The van der Waals surface area contributed by atoms with Gasteiger partial charge in [0, 0.05) is 30.5 Å². The monoisotopic (exact) mass is 255 g/mol. The minimum absolute atomic E-state index is 0.297. The van der Waals surface area contributed by atoms with Gasteiger partial charge in [0.2, 0.25) is 0 Å². The quantitative estimate of drug-likeness (QED) is 0.858. The highest BCUT2D eigenvalue weighted by molar-refractivity contribution is 7.91. The van der Waals surface area contributed by atoms with Crippen LogP contribution in [0.3, 0.4) is 0 Å². The van der Waals surface area contributed by atoms with E-state index in [0.29, 0.717) is 30.4 Å². The summed E-state index contributed by atoms with van der Waals surface area (Å²) >= 11 is 0. The van der Waals surface area contributed by atoms with Crippen molar-refractivity contribution in [1.29, 1.82) is 0 Å². The largest absolute Gasteiger partial charge is 0.310 e. The zero-order valence-corrected chi connectivity index (χ0v) is 10.5. The molecule has 2 heterocycles. The molecule has 17 heavy (non-hydrogen) atoms. The van der Waals surface area contributed by atoms with Crippen molar-refractivity contribution in [1.82, 2.24) is 15.1 Å². The Balaban J connectivity index is 1.81.